The standard InChI is InChI=1S/C16H24FNO2/c1-4-7-18-14-9-15(11(2)10-19-3)20-16-8-12(17)5-6-13(14)16/h5-6,8,11,14-15,18H,4,7,9-10H2,1-3H3. The second-order valence-corrected chi connectivity index (χ2v) is 5.51. The number of rotatable bonds is 6. The van der Waals surface area contributed by atoms with Crippen LogP contribution in [0.25, 0.3) is 0 Å². The molecule has 0 aromatic heterocycles. The summed E-state index contributed by atoms with van der Waals surface area (Å²) in [5, 5.41) is 3.53. The number of fused-ring (bicyclic) bond motifs is 1. The molecule has 0 radical (unpaired) electrons. The predicted molar refractivity (Wildman–Crippen MR) is 77.5 cm³/mol. The van der Waals surface area contributed by atoms with Crippen LogP contribution >= 0.6 is 0 Å². The zero-order valence-electron chi connectivity index (χ0n) is 12.5. The maximum absolute atomic E-state index is 13.4. The second-order valence-electron chi connectivity index (χ2n) is 5.51. The molecule has 112 valence electrons. The van der Waals surface area contributed by atoms with Gasteiger partial charge < -0.3 is 14.8 Å². The number of hydrogen-bond acceptors (Lipinski definition) is 3. The van der Waals surface area contributed by atoms with Gasteiger partial charge in [0.25, 0.3) is 0 Å². The zero-order valence-corrected chi connectivity index (χ0v) is 12.5. The van der Waals surface area contributed by atoms with E-state index in [1.807, 2.05) is 6.07 Å². The molecule has 3 unspecified atom stereocenters. The Morgan fingerprint density at radius 3 is 3.00 bits per heavy atom. The molecule has 1 aliphatic rings. The maximum atomic E-state index is 13.4. The highest BCUT2D eigenvalue weighted by molar-refractivity contribution is 5.38. The van der Waals surface area contributed by atoms with E-state index in [1.54, 1.807) is 7.11 Å². The van der Waals surface area contributed by atoms with E-state index in [0.29, 0.717) is 12.4 Å². The third kappa shape index (κ3) is 3.49. The summed E-state index contributed by atoms with van der Waals surface area (Å²) in [5.74, 6) is 0.693. The van der Waals surface area contributed by atoms with Crippen molar-refractivity contribution in [2.45, 2.75) is 38.8 Å². The summed E-state index contributed by atoms with van der Waals surface area (Å²) < 4.78 is 24.6. The molecule has 4 heteroatoms. The van der Waals surface area contributed by atoms with E-state index in [1.165, 1.54) is 12.1 Å². The first kappa shape index (κ1) is 15.3. The van der Waals surface area contributed by atoms with Gasteiger partial charge >= 0.3 is 0 Å². The van der Waals surface area contributed by atoms with E-state index in [2.05, 4.69) is 19.2 Å². The average Bonchev–Trinajstić information content (AvgIpc) is 2.44. The predicted octanol–water partition coefficient (Wildman–Crippen LogP) is 3.30. The van der Waals surface area contributed by atoms with Crippen molar-refractivity contribution in [1.29, 1.82) is 0 Å². The molecule has 2 rings (SSSR count). The lowest BCUT2D eigenvalue weighted by Crippen LogP contribution is -2.38. The van der Waals surface area contributed by atoms with Gasteiger partial charge in [0, 0.05) is 37.1 Å². The molecule has 0 amide bonds. The van der Waals surface area contributed by atoms with Gasteiger partial charge in [-0.15, -0.1) is 0 Å². The normalized spacial score (nSPS) is 23.0. The summed E-state index contributed by atoms with van der Waals surface area (Å²) in [7, 11) is 1.69. The van der Waals surface area contributed by atoms with E-state index < -0.39 is 0 Å². The minimum Gasteiger partial charge on any atom is -0.490 e. The first-order chi connectivity index (χ1) is 9.65. The molecular weight excluding hydrogens is 257 g/mol. The van der Waals surface area contributed by atoms with E-state index in [0.717, 1.165) is 24.9 Å². The van der Waals surface area contributed by atoms with Crippen molar-refractivity contribution in [2.24, 2.45) is 5.92 Å². The lowest BCUT2D eigenvalue weighted by atomic mass is 9.90. The Morgan fingerprint density at radius 1 is 1.50 bits per heavy atom. The summed E-state index contributed by atoms with van der Waals surface area (Å²) >= 11 is 0. The highest BCUT2D eigenvalue weighted by Gasteiger charge is 2.31. The summed E-state index contributed by atoms with van der Waals surface area (Å²) in [6.07, 6.45) is 2.02. The Hall–Kier alpha value is -1.13. The van der Waals surface area contributed by atoms with Crippen molar-refractivity contribution in [3.05, 3.63) is 29.6 Å². The Morgan fingerprint density at radius 2 is 2.30 bits per heavy atom. The summed E-state index contributed by atoms with van der Waals surface area (Å²) in [4.78, 5) is 0. The average molecular weight is 281 g/mol. The molecule has 0 saturated heterocycles. The molecule has 1 aromatic carbocycles. The minimum atomic E-state index is -0.252. The number of hydrogen-bond donors (Lipinski definition) is 1. The highest BCUT2D eigenvalue weighted by Crippen LogP contribution is 2.37. The van der Waals surface area contributed by atoms with Crippen LogP contribution in [-0.2, 0) is 4.74 Å². The largest absolute Gasteiger partial charge is 0.490 e. The van der Waals surface area contributed by atoms with Gasteiger partial charge in [0.1, 0.15) is 17.7 Å². The fourth-order valence-corrected chi connectivity index (χ4v) is 2.70. The van der Waals surface area contributed by atoms with Crippen LogP contribution in [0.5, 0.6) is 5.75 Å². The lowest BCUT2D eigenvalue weighted by Gasteiger charge is -2.35. The Balaban J connectivity index is 2.20. The van der Waals surface area contributed by atoms with Gasteiger partial charge in [-0.3, -0.25) is 0 Å². The molecule has 1 heterocycles. The quantitative estimate of drug-likeness (QED) is 0.868. The van der Waals surface area contributed by atoms with Crippen LogP contribution in [0.2, 0.25) is 0 Å². The third-order valence-electron chi connectivity index (χ3n) is 3.80. The van der Waals surface area contributed by atoms with Crippen LogP contribution in [-0.4, -0.2) is 26.4 Å². The topological polar surface area (TPSA) is 30.5 Å². The van der Waals surface area contributed by atoms with Crippen LogP contribution in [0.15, 0.2) is 18.2 Å². The number of halogens is 1. The van der Waals surface area contributed by atoms with Gasteiger partial charge in [-0.25, -0.2) is 4.39 Å². The first-order valence-electron chi connectivity index (χ1n) is 7.34. The molecule has 0 saturated carbocycles. The van der Waals surface area contributed by atoms with E-state index in [4.69, 9.17) is 9.47 Å². The van der Waals surface area contributed by atoms with Gasteiger partial charge in [-0.2, -0.15) is 0 Å². The summed E-state index contributed by atoms with van der Waals surface area (Å²) in [6, 6.07) is 5.04. The van der Waals surface area contributed by atoms with E-state index in [9.17, 15) is 4.39 Å². The smallest absolute Gasteiger partial charge is 0.127 e. The fraction of sp³-hybridized carbons (Fsp3) is 0.625. The molecule has 0 fully saturated rings. The van der Waals surface area contributed by atoms with Crippen LogP contribution in [0.3, 0.4) is 0 Å². The summed E-state index contributed by atoms with van der Waals surface area (Å²) in [5.41, 5.74) is 1.06. The van der Waals surface area contributed by atoms with Gasteiger partial charge in [-0.05, 0) is 19.0 Å². The van der Waals surface area contributed by atoms with Crippen LogP contribution in [0.1, 0.15) is 38.3 Å². The second kappa shape index (κ2) is 7.04. The summed E-state index contributed by atoms with van der Waals surface area (Å²) in [6.45, 7) is 5.85. The molecule has 0 spiro atoms. The van der Waals surface area contributed by atoms with Crippen LogP contribution in [0, 0.1) is 11.7 Å². The molecule has 1 aliphatic heterocycles. The molecule has 0 bridgehead atoms. The molecule has 20 heavy (non-hydrogen) atoms. The van der Waals surface area contributed by atoms with Gasteiger partial charge in [0.15, 0.2) is 0 Å². The van der Waals surface area contributed by atoms with Crippen molar-refractivity contribution < 1.29 is 13.9 Å². The number of nitrogens with one attached hydrogen (secondary N) is 1. The van der Waals surface area contributed by atoms with E-state index >= 15 is 0 Å². The number of methoxy groups -OCH3 is 1. The number of benzene rings is 1. The van der Waals surface area contributed by atoms with Crippen molar-refractivity contribution in [3.8, 4) is 5.75 Å². The van der Waals surface area contributed by atoms with Gasteiger partial charge in [0.2, 0.25) is 0 Å². The lowest BCUT2D eigenvalue weighted by molar-refractivity contribution is 0.0498. The van der Waals surface area contributed by atoms with Crippen molar-refractivity contribution in [3.63, 3.8) is 0 Å². The van der Waals surface area contributed by atoms with Crippen LogP contribution < -0.4 is 10.1 Å². The molecule has 0 aliphatic carbocycles. The monoisotopic (exact) mass is 281 g/mol. The molecule has 3 nitrogen and oxygen atoms in total. The SMILES string of the molecule is CCCNC1CC(C(C)COC)Oc2cc(F)ccc21. The van der Waals surface area contributed by atoms with Gasteiger partial charge in [0.05, 0.1) is 6.61 Å². The van der Waals surface area contributed by atoms with Crippen LogP contribution in [0.4, 0.5) is 4.39 Å². The fourth-order valence-electron chi connectivity index (χ4n) is 2.70. The minimum absolute atomic E-state index is 0.0543. The first-order valence-corrected chi connectivity index (χ1v) is 7.34. The Kier molecular flexibility index (Phi) is 5.38. The molecule has 1 aromatic rings. The zero-order chi connectivity index (χ0) is 14.5. The highest BCUT2D eigenvalue weighted by atomic mass is 19.1. The third-order valence-corrected chi connectivity index (χ3v) is 3.80. The maximum Gasteiger partial charge on any atom is 0.127 e. The Bertz CT molecular complexity index is 438. The van der Waals surface area contributed by atoms with Crippen molar-refractivity contribution in [1.82, 2.24) is 5.32 Å². The Labute approximate surface area is 120 Å². The van der Waals surface area contributed by atoms with E-state index in [-0.39, 0.29) is 23.9 Å². The molecule has 3 atom stereocenters. The van der Waals surface area contributed by atoms with Crippen molar-refractivity contribution in [2.75, 3.05) is 20.3 Å². The molecule has 1 N–H and O–H groups in total. The van der Waals surface area contributed by atoms with Gasteiger partial charge in [-0.1, -0.05) is 19.9 Å². The van der Waals surface area contributed by atoms with Crippen molar-refractivity contribution >= 4 is 0 Å². The molecular formula is C16H24FNO2. The number of ether oxygens (including phenoxy) is 2.